The molecule has 0 fully saturated rings. The SMILES string of the molecule is COc1ccc(C=Cc2cc(-c3cccs3)sc2-c2cccs2)cc1. The van der Waals surface area contributed by atoms with E-state index in [9.17, 15) is 0 Å². The molecule has 0 N–H and O–H groups in total. The summed E-state index contributed by atoms with van der Waals surface area (Å²) in [6, 6.07) is 19.0. The average Bonchev–Trinajstić information content (AvgIpc) is 3.41. The highest BCUT2D eigenvalue weighted by Gasteiger charge is 2.12. The van der Waals surface area contributed by atoms with Crippen LogP contribution in [0, 0.1) is 0 Å². The molecule has 0 saturated carbocycles. The van der Waals surface area contributed by atoms with Crippen molar-refractivity contribution in [3.63, 3.8) is 0 Å². The van der Waals surface area contributed by atoms with Gasteiger partial charge in [0.05, 0.1) is 12.0 Å². The molecule has 1 nitrogen and oxygen atoms in total. The second-order valence-electron chi connectivity index (χ2n) is 5.46. The van der Waals surface area contributed by atoms with Crippen LogP contribution in [0.15, 0.2) is 65.4 Å². The van der Waals surface area contributed by atoms with Gasteiger partial charge in [0.1, 0.15) is 5.75 Å². The van der Waals surface area contributed by atoms with E-state index in [2.05, 4.69) is 65.4 Å². The van der Waals surface area contributed by atoms with Gasteiger partial charge in [-0.25, -0.2) is 0 Å². The van der Waals surface area contributed by atoms with Crippen LogP contribution in [0.3, 0.4) is 0 Å². The van der Waals surface area contributed by atoms with Gasteiger partial charge in [0.15, 0.2) is 0 Å². The lowest BCUT2D eigenvalue weighted by atomic mass is 10.1. The number of methoxy groups -OCH3 is 1. The van der Waals surface area contributed by atoms with E-state index >= 15 is 0 Å². The predicted octanol–water partition coefficient (Wildman–Crippen LogP) is 7.38. The van der Waals surface area contributed by atoms with E-state index in [-0.39, 0.29) is 0 Å². The second-order valence-corrected chi connectivity index (χ2v) is 8.40. The maximum Gasteiger partial charge on any atom is 0.118 e. The Bertz CT molecular complexity index is 959. The molecule has 0 aliphatic heterocycles. The Morgan fingerprint density at radius 3 is 2.16 bits per heavy atom. The van der Waals surface area contributed by atoms with Crippen LogP contribution in [0.25, 0.3) is 31.7 Å². The van der Waals surface area contributed by atoms with E-state index in [0.29, 0.717) is 0 Å². The fourth-order valence-corrected chi connectivity index (χ4v) is 5.42. The molecule has 1 aromatic carbocycles. The monoisotopic (exact) mass is 380 g/mol. The second kappa shape index (κ2) is 7.40. The third-order valence-electron chi connectivity index (χ3n) is 3.84. The van der Waals surface area contributed by atoms with E-state index in [4.69, 9.17) is 4.74 Å². The van der Waals surface area contributed by atoms with Crippen molar-refractivity contribution >= 4 is 46.2 Å². The largest absolute Gasteiger partial charge is 0.497 e. The Kier molecular flexibility index (Phi) is 4.83. The van der Waals surface area contributed by atoms with Crippen LogP contribution < -0.4 is 4.74 Å². The summed E-state index contributed by atoms with van der Waals surface area (Å²) in [5, 5.41) is 4.27. The minimum Gasteiger partial charge on any atom is -0.497 e. The normalized spacial score (nSPS) is 11.2. The molecule has 4 aromatic rings. The molecule has 0 unspecified atom stereocenters. The standard InChI is InChI=1S/C21H16OS3/c1-22-17-10-7-15(8-11-17)6-9-16-14-20(18-4-2-12-23-18)25-21(16)19-5-3-13-24-19/h2-14H,1H3. The fraction of sp³-hybridized carbons (Fsp3) is 0.0476. The Morgan fingerprint density at radius 1 is 0.800 bits per heavy atom. The van der Waals surface area contributed by atoms with Crippen LogP contribution in [-0.2, 0) is 0 Å². The van der Waals surface area contributed by atoms with E-state index < -0.39 is 0 Å². The van der Waals surface area contributed by atoms with Crippen LogP contribution in [0.2, 0.25) is 0 Å². The fourth-order valence-electron chi connectivity index (χ4n) is 2.57. The third kappa shape index (κ3) is 3.61. The van der Waals surface area contributed by atoms with Crippen molar-refractivity contribution in [1.82, 2.24) is 0 Å². The molecule has 3 aromatic heterocycles. The smallest absolute Gasteiger partial charge is 0.118 e. The Labute approximate surface area is 159 Å². The van der Waals surface area contributed by atoms with Gasteiger partial charge in [0, 0.05) is 14.6 Å². The van der Waals surface area contributed by atoms with Gasteiger partial charge < -0.3 is 4.74 Å². The van der Waals surface area contributed by atoms with Crippen LogP contribution in [-0.4, -0.2) is 7.11 Å². The van der Waals surface area contributed by atoms with Gasteiger partial charge in [-0.05, 0) is 52.2 Å². The van der Waals surface area contributed by atoms with Crippen molar-refractivity contribution in [3.05, 3.63) is 76.5 Å². The van der Waals surface area contributed by atoms with Crippen LogP contribution >= 0.6 is 34.0 Å². The molecule has 0 aliphatic carbocycles. The Balaban J connectivity index is 1.70. The van der Waals surface area contributed by atoms with Gasteiger partial charge in [-0.1, -0.05) is 36.4 Å². The number of thiophene rings is 3. The van der Waals surface area contributed by atoms with E-state index in [0.717, 1.165) is 5.75 Å². The van der Waals surface area contributed by atoms with Crippen molar-refractivity contribution in [3.8, 4) is 25.3 Å². The highest BCUT2D eigenvalue weighted by atomic mass is 32.1. The molecule has 0 atom stereocenters. The van der Waals surface area contributed by atoms with Crippen LogP contribution in [0.1, 0.15) is 11.1 Å². The zero-order chi connectivity index (χ0) is 17.1. The lowest BCUT2D eigenvalue weighted by Gasteiger charge is -1.99. The van der Waals surface area contributed by atoms with Crippen LogP contribution in [0.4, 0.5) is 0 Å². The number of benzene rings is 1. The van der Waals surface area contributed by atoms with Crippen molar-refractivity contribution in [2.75, 3.05) is 7.11 Å². The molecule has 0 spiro atoms. The summed E-state index contributed by atoms with van der Waals surface area (Å²) in [4.78, 5) is 5.31. The molecule has 25 heavy (non-hydrogen) atoms. The summed E-state index contributed by atoms with van der Waals surface area (Å²) in [5.74, 6) is 0.881. The molecule has 0 amide bonds. The number of hydrogen-bond donors (Lipinski definition) is 0. The lowest BCUT2D eigenvalue weighted by molar-refractivity contribution is 0.415. The summed E-state index contributed by atoms with van der Waals surface area (Å²) in [7, 11) is 1.69. The third-order valence-corrected chi connectivity index (χ3v) is 7.11. The van der Waals surface area contributed by atoms with Crippen LogP contribution in [0.5, 0.6) is 5.75 Å². The first-order valence-corrected chi connectivity index (χ1v) is 10.4. The quantitative estimate of drug-likeness (QED) is 0.351. The van der Waals surface area contributed by atoms with Gasteiger partial charge in [0.25, 0.3) is 0 Å². The number of hydrogen-bond acceptors (Lipinski definition) is 4. The maximum atomic E-state index is 5.22. The maximum absolute atomic E-state index is 5.22. The van der Waals surface area contributed by atoms with E-state index in [1.165, 1.54) is 30.6 Å². The van der Waals surface area contributed by atoms with Crippen molar-refractivity contribution in [2.24, 2.45) is 0 Å². The molecule has 0 aliphatic rings. The highest BCUT2D eigenvalue weighted by Crippen LogP contribution is 2.42. The summed E-state index contributed by atoms with van der Waals surface area (Å²) in [5.41, 5.74) is 2.44. The zero-order valence-electron chi connectivity index (χ0n) is 13.6. The van der Waals surface area contributed by atoms with Gasteiger partial charge in [-0.3, -0.25) is 0 Å². The van der Waals surface area contributed by atoms with E-state index in [1.807, 2.05) is 23.5 Å². The average molecular weight is 381 g/mol. The first-order chi connectivity index (χ1) is 12.3. The molecule has 0 bridgehead atoms. The molecular formula is C21H16OS3. The Morgan fingerprint density at radius 2 is 1.52 bits per heavy atom. The molecule has 4 heteroatoms. The number of ether oxygens (including phenoxy) is 1. The minimum atomic E-state index is 0.881. The zero-order valence-corrected chi connectivity index (χ0v) is 16.1. The van der Waals surface area contributed by atoms with Gasteiger partial charge in [-0.2, -0.15) is 0 Å². The summed E-state index contributed by atoms with van der Waals surface area (Å²) >= 11 is 5.45. The summed E-state index contributed by atoms with van der Waals surface area (Å²) in [6.07, 6.45) is 4.38. The van der Waals surface area contributed by atoms with Crippen molar-refractivity contribution in [1.29, 1.82) is 0 Å². The molecule has 3 heterocycles. The van der Waals surface area contributed by atoms with E-state index in [1.54, 1.807) is 29.8 Å². The minimum absolute atomic E-state index is 0.881. The van der Waals surface area contributed by atoms with Gasteiger partial charge >= 0.3 is 0 Å². The first kappa shape index (κ1) is 16.3. The topological polar surface area (TPSA) is 9.23 Å². The Hall–Kier alpha value is -2.14. The highest BCUT2D eigenvalue weighted by molar-refractivity contribution is 7.26. The molecule has 0 saturated heterocycles. The summed E-state index contributed by atoms with van der Waals surface area (Å²) < 4.78 is 5.22. The number of rotatable bonds is 5. The van der Waals surface area contributed by atoms with Crippen molar-refractivity contribution in [2.45, 2.75) is 0 Å². The summed E-state index contributed by atoms with van der Waals surface area (Å²) in [6.45, 7) is 0. The molecule has 4 rings (SSSR count). The molecule has 124 valence electrons. The van der Waals surface area contributed by atoms with Gasteiger partial charge in [-0.15, -0.1) is 34.0 Å². The van der Waals surface area contributed by atoms with Crippen molar-refractivity contribution < 1.29 is 4.74 Å². The first-order valence-electron chi connectivity index (χ1n) is 7.87. The molecular weight excluding hydrogens is 364 g/mol. The van der Waals surface area contributed by atoms with Gasteiger partial charge in [0.2, 0.25) is 0 Å². The predicted molar refractivity (Wildman–Crippen MR) is 113 cm³/mol. The molecule has 0 radical (unpaired) electrons. The lowest BCUT2D eigenvalue weighted by Crippen LogP contribution is -1.81.